The Morgan fingerprint density at radius 1 is 1.48 bits per heavy atom. The molecule has 0 aliphatic carbocycles. The monoisotopic (exact) mass is 324 g/mol. The molecule has 9 heteroatoms. The maximum atomic E-state index is 10.8. The van der Waals surface area contributed by atoms with Gasteiger partial charge in [-0.25, -0.2) is 4.98 Å². The van der Waals surface area contributed by atoms with Crippen LogP contribution in [0.5, 0.6) is 0 Å². The summed E-state index contributed by atoms with van der Waals surface area (Å²) < 4.78 is 6.53. The quantitative estimate of drug-likeness (QED) is 0.719. The van der Waals surface area contributed by atoms with Crippen LogP contribution in [0.25, 0.3) is 11.0 Å². The SMILES string of the molecule is O=C(O)CSc1nc2ccc(Cl)cc2n1Cc1ncon1. The molecule has 0 saturated carbocycles. The molecule has 2 aromatic heterocycles. The first-order chi connectivity index (χ1) is 10.1. The number of imidazole rings is 1. The van der Waals surface area contributed by atoms with Crippen molar-refractivity contribution < 1.29 is 14.4 Å². The third kappa shape index (κ3) is 3.01. The highest BCUT2D eigenvalue weighted by Gasteiger charge is 2.15. The molecule has 7 nitrogen and oxygen atoms in total. The smallest absolute Gasteiger partial charge is 0.313 e. The van der Waals surface area contributed by atoms with E-state index in [1.165, 1.54) is 6.39 Å². The molecule has 1 N–H and O–H groups in total. The molecule has 0 bridgehead atoms. The zero-order valence-electron chi connectivity index (χ0n) is 10.6. The van der Waals surface area contributed by atoms with Crippen molar-refractivity contribution in [3.05, 3.63) is 35.4 Å². The van der Waals surface area contributed by atoms with Crippen LogP contribution in [-0.2, 0) is 11.3 Å². The lowest BCUT2D eigenvalue weighted by molar-refractivity contribution is -0.133. The molecule has 0 aliphatic heterocycles. The molecule has 0 amide bonds. The summed E-state index contributed by atoms with van der Waals surface area (Å²) in [5.74, 6) is -0.508. The Hall–Kier alpha value is -2.06. The van der Waals surface area contributed by atoms with Gasteiger partial charge in [0.1, 0.15) is 0 Å². The number of halogens is 1. The zero-order chi connectivity index (χ0) is 14.8. The van der Waals surface area contributed by atoms with Crippen LogP contribution < -0.4 is 0 Å². The van der Waals surface area contributed by atoms with E-state index >= 15 is 0 Å². The van der Waals surface area contributed by atoms with E-state index in [1.807, 2.05) is 4.57 Å². The standard InChI is InChI=1S/C12H9ClN4O3S/c13-7-1-2-8-9(3-7)17(4-10-14-6-20-16-10)12(15-8)21-5-11(18)19/h1-3,6H,4-5H2,(H,18,19). The van der Waals surface area contributed by atoms with Crippen LogP contribution in [0.15, 0.2) is 34.3 Å². The van der Waals surface area contributed by atoms with E-state index in [0.29, 0.717) is 22.5 Å². The van der Waals surface area contributed by atoms with Crippen LogP contribution in [0.4, 0.5) is 0 Å². The molecule has 2 heterocycles. The summed E-state index contributed by atoms with van der Waals surface area (Å²) in [6, 6.07) is 5.30. The van der Waals surface area contributed by atoms with Crippen molar-refractivity contribution >= 4 is 40.4 Å². The largest absolute Gasteiger partial charge is 0.481 e. The first-order valence-electron chi connectivity index (χ1n) is 5.89. The van der Waals surface area contributed by atoms with Crippen LogP contribution in [-0.4, -0.2) is 36.5 Å². The fraction of sp³-hybridized carbons (Fsp3) is 0.167. The Balaban J connectivity index is 2.04. The normalized spacial score (nSPS) is 11.1. The topological polar surface area (TPSA) is 94.0 Å². The maximum Gasteiger partial charge on any atom is 0.313 e. The van der Waals surface area contributed by atoms with Gasteiger partial charge in [0.25, 0.3) is 0 Å². The lowest BCUT2D eigenvalue weighted by Crippen LogP contribution is -2.05. The third-order valence-corrected chi connectivity index (χ3v) is 3.90. The number of carbonyl (C=O) groups is 1. The minimum Gasteiger partial charge on any atom is -0.481 e. The van der Waals surface area contributed by atoms with Crippen LogP contribution >= 0.6 is 23.4 Å². The first kappa shape index (κ1) is 13.9. The predicted molar refractivity (Wildman–Crippen MR) is 76.5 cm³/mol. The summed E-state index contributed by atoms with van der Waals surface area (Å²) in [5, 5.41) is 13.7. The number of hydrogen-bond donors (Lipinski definition) is 1. The summed E-state index contributed by atoms with van der Waals surface area (Å²) >= 11 is 7.15. The first-order valence-corrected chi connectivity index (χ1v) is 7.25. The Bertz CT molecular complexity index is 787. The molecule has 108 valence electrons. The Morgan fingerprint density at radius 3 is 3.05 bits per heavy atom. The van der Waals surface area contributed by atoms with Gasteiger partial charge in [-0.05, 0) is 18.2 Å². The second-order valence-corrected chi connectivity index (χ2v) is 5.52. The minimum absolute atomic E-state index is 0.0801. The van der Waals surface area contributed by atoms with E-state index in [1.54, 1.807) is 18.2 Å². The molecular weight excluding hydrogens is 316 g/mol. The maximum absolute atomic E-state index is 10.8. The second-order valence-electron chi connectivity index (χ2n) is 4.14. The van der Waals surface area contributed by atoms with Gasteiger partial charge in [-0.3, -0.25) is 4.79 Å². The van der Waals surface area contributed by atoms with Crippen molar-refractivity contribution in [2.45, 2.75) is 11.7 Å². The van der Waals surface area contributed by atoms with E-state index in [4.69, 9.17) is 21.2 Å². The average molecular weight is 325 g/mol. The number of fused-ring (bicyclic) bond motifs is 1. The highest BCUT2D eigenvalue weighted by molar-refractivity contribution is 7.99. The summed E-state index contributed by atoms with van der Waals surface area (Å²) in [4.78, 5) is 19.1. The molecule has 0 saturated heterocycles. The van der Waals surface area contributed by atoms with Gasteiger partial charge in [0.15, 0.2) is 11.0 Å². The summed E-state index contributed by atoms with van der Waals surface area (Å²) in [5.41, 5.74) is 1.52. The molecule has 0 fully saturated rings. The molecule has 0 aliphatic rings. The highest BCUT2D eigenvalue weighted by Crippen LogP contribution is 2.26. The summed E-state index contributed by atoms with van der Waals surface area (Å²) in [7, 11) is 0. The summed E-state index contributed by atoms with van der Waals surface area (Å²) in [6.45, 7) is 0.329. The van der Waals surface area contributed by atoms with E-state index in [2.05, 4.69) is 15.1 Å². The number of hydrogen-bond acceptors (Lipinski definition) is 6. The van der Waals surface area contributed by atoms with Crippen LogP contribution in [0.1, 0.15) is 5.82 Å². The van der Waals surface area contributed by atoms with Crippen molar-refractivity contribution in [2.75, 3.05) is 5.75 Å². The molecule has 21 heavy (non-hydrogen) atoms. The van der Waals surface area contributed by atoms with Crippen molar-refractivity contribution in [1.82, 2.24) is 19.7 Å². The molecule has 0 spiro atoms. The Labute approximate surface area is 127 Å². The van der Waals surface area contributed by atoms with Gasteiger partial charge in [-0.2, -0.15) is 4.98 Å². The van der Waals surface area contributed by atoms with Gasteiger partial charge in [0, 0.05) is 5.02 Å². The molecular formula is C12H9ClN4O3S. The third-order valence-electron chi connectivity index (χ3n) is 2.71. The van der Waals surface area contributed by atoms with Gasteiger partial charge in [0.05, 0.1) is 23.3 Å². The second kappa shape index (κ2) is 5.74. The van der Waals surface area contributed by atoms with Crippen molar-refractivity contribution in [3.63, 3.8) is 0 Å². The number of carboxylic acids is 1. The number of aliphatic carboxylic acids is 1. The summed E-state index contributed by atoms with van der Waals surface area (Å²) in [6.07, 6.45) is 1.24. The van der Waals surface area contributed by atoms with E-state index in [-0.39, 0.29) is 5.75 Å². The molecule has 0 radical (unpaired) electrons. The van der Waals surface area contributed by atoms with E-state index in [0.717, 1.165) is 22.8 Å². The fourth-order valence-electron chi connectivity index (χ4n) is 1.87. The molecule has 0 unspecified atom stereocenters. The van der Waals surface area contributed by atoms with Crippen LogP contribution in [0.3, 0.4) is 0 Å². The fourth-order valence-corrected chi connectivity index (χ4v) is 2.77. The molecule has 3 aromatic rings. The molecule has 3 rings (SSSR count). The van der Waals surface area contributed by atoms with Gasteiger partial charge in [0.2, 0.25) is 6.39 Å². The predicted octanol–water partition coefficient (Wildman–Crippen LogP) is 2.30. The van der Waals surface area contributed by atoms with Gasteiger partial charge >= 0.3 is 5.97 Å². The van der Waals surface area contributed by atoms with Crippen molar-refractivity contribution in [3.8, 4) is 0 Å². The number of aromatic nitrogens is 4. The minimum atomic E-state index is -0.906. The lowest BCUT2D eigenvalue weighted by atomic mass is 10.3. The van der Waals surface area contributed by atoms with Crippen molar-refractivity contribution in [1.29, 1.82) is 0 Å². The van der Waals surface area contributed by atoms with E-state index in [9.17, 15) is 4.79 Å². The van der Waals surface area contributed by atoms with Crippen LogP contribution in [0, 0.1) is 0 Å². The number of nitrogens with zero attached hydrogens (tertiary/aromatic N) is 4. The van der Waals surface area contributed by atoms with Gasteiger partial charge in [-0.1, -0.05) is 28.5 Å². The molecule has 1 aromatic carbocycles. The Kier molecular flexibility index (Phi) is 3.80. The highest BCUT2D eigenvalue weighted by atomic mass is 35.5. The number of rotatable bonds is 5. The number of thioether (sulfide) groups is 1. The Morgan fingerprint density at radius 2 is 2.33 bits per heavy atom. The van der Waals surface area contributed by atoms with Gasteiger partial charge in [-0.15, -0.1) is 0 Å². The van der Waals surface area contributed by atoms with Gasteiger partial charge < -0.3 is 14.2 Å². The van der Waals surface area contributed by atoms with E-state index < -0.39 is 5.97 Å². The zero-order valence-corrected chi connectivity index (χ0v) is 12.1. The van der Waals surface area contributed by atoms with Crippen LogP contribution in [0.2, 0.25) is 5.02 Å². The molecule has 0 atom stereocenters. The average Bonchev–Trinajstić information content (AvgIpc) is 3.06. The van der Waals surface area contributed by atoms with Crippen molar-refractivity contribution in [2.24, 2.45) is 0 Å². The lowest BCUT2D eigenvalue weighted by Gasteiger charge is -2.05. The number of benzene rings is 1. The number of carboxylic acid groups (broad SMARTS) is 1.